The van der Waals surface area contributed by atoms with Gasteiger partial charge >= 0.3 is 0 Å². The van der Waals surface area contributed by atoms with Crippen LogP contribution in [0.2, 0.25) is 0 Å². The standard InChI is InChI=1S/C13H16N4O2/c18-8-2-4-11-3-1-5-12(9-11)15-13(19)10-17-7-6-14-16-17/h1,3,5-7,9,18H,2,4,8,10H2,(H,15,19). The van der Waals surface area contributed by atoms with Crippen LogP contribution in [0.5, 0.6) is 0 Å². The molecule has 100 valence electrons. The van der Waals surface area contributed by atoms with E-state index in [1.165, 1.54) is 10.9 Å². The van der Waals surface area contributed by atoms with Gasteiger partial charge in [0.25, 0.3) is 0 Å². The molecule has 0 aliphatic rings. The van der Waals surface area contributed by atoms with Gasteiger partial charge in [-0.05, 0) is 30.5 Å². The van der Waals surface area contributed by atoms with E-state index in [0.29, 0.717) is 0 Å². The van der Waals surface area contributed by atoms with Crippen LogP contribution in [0.15, 0.2) is 36.7 Å². The minimum absolute atomic E-state index is 0.140. The number of aliphatic hydroxyl groups is 1. The van der Waals surface area contributed by atoms with Crippen molar-refractivity contribution in [2.24, 2.45) is 0 Å². The van der Waals surface area contributed by atoms with E-state index in [9.17, 15) is 4.79 Å². The Morgan fingerprint density at radius 3 is 3.05 bits per heavy atom. The Morgan fingerprint density at radius 2 is 2.32 bits per heavy atom. The normalized spacial score (nSPS) is 10.4. The first-order valence-corrected chi connectivity index (χ1v) is 6.11. The Bertz CT molecular complexity index is 525. The van der Waals surface area contributed by atoms with E-state index in [0.717, 1.165) is 24.1 Å². The van der Waals surface area contributed by atoms with Crippen LogP contribution in [0, 0.1) is 0 Å². The second kappa shape index (κ2) is 6.65. The number of carbonyl (C=O) groups excluding carboxylic acids is 1. The minimum atomic E-state index is -0.148. The van der Waals surface area contributed by atoms with Crippen LogP contribution < -0.4 is 5.32 Å². The fourth-order valence-corrected chi connectivity index (χ4v) is 1.75. The van der Waals surface area contributed by atoms with Crippen molar-refractivity contribution in [2.75, 3.05) is 11.9 Å². The van der Waals surface area contributed by atoms with E-state index < -0.39 is 0 Å². The number of amides is 1. The summed E-state index contributed by atoms with van der Waals surface area (Å²) in [5.74, 6) is -0.148. The van der Waals surface area contributed by atoms with Gasteiger partial charge in [-0.1, -0.05) is 17.3 Å². The molecule has 1 amide bonds. The average molecular weight is 260 g/mol. The summed E-state index contributed by atoms with van der Waals surface area (Å²) < 4.78 is 1.46. The molecule has 0 radical (unpaired) electrons. The first kappa shape index (κ1) is 13.2. The van der Waals surface area contributed by atoms with E-state index >= 15 is 0 Å². The van der Waals surface area contributed by atoms with Crippen molar-refractivity contribution in [3.05, 3.63) is 42.2 Å². The zero-order chi connectivity index (χ0) is 13.5. The molecule has 0 atom stereocenters. The van der Waals surface area contributed by atoms with Crippen molar-refractivity contribution in [3.63, 3.8) is 0 Å². The summed E-state index contributed by atoms with van der Waals surface area (Å²) in [6, 6.07) is 7.61. The number of rotatable bonds is 6. The molecule has 1 aromatic carbocycles. The number of anilines is 1. The van der Waals surface area contributed by atoms with Crippen LogP contribution >= 0.6 is 0 Å². The number of aromatic nitrogens is 3. The molecule has 0 unspecified atom stereocenters. The van der Waals surface area contributed by atoms with Crippen molar-refractivity contribution < 1.29 is 9.90 Å². The average Bonchev–Trinajstić information content (AvgIpc) is 2.89. The molecule has 2 N–H and O–H groups in total. The van der Waals surface area contributed by atoms with Gasteiger partial charge in [-0.3, -0.25) is 4.79 Å². The van der Waals surface area contributed by atoms with Crippen molar-refractivity contribution in [1.82, 2.24) is 15.0 Å². The maximum absolute atomic E-state index is 11.8. The van der Waals surface area contributed by atoms with Gasteiger partial charge in [0.15, 0.2) is 0 Å². The fraction of sp³-hybridized carbons (Fsp3) is 0.308. The molecule has 19 heavy (non-hydrogen) atoms. The van der Waals surface area contributed by atoms with Gasteiger partial charge in [-0.25, -0.2) is 4.68 Å². The van der Waals surface area contributed by atoms with Crippen molar-refractivity contribution >= 4 is 11.6 Å². The van der Waals surface area contributed by atoms with Gasteiger partial charge in [0.05, 0.1) is 6.20 Å². The smallest absolute Gasteiger partial charge is 0.246 e. The lowest BCUT2D eigenvalue weighted by molar-refractivity contribution is -0.116. The molecule has 0 spiro atoms. The van der Waals surface area contributed by atoms with Crippen LogP contribution in [0.1, 0.15) is 12.0 Å². The molecule has 0 saturated carbocycles. The molecule has 2 aromatic rings. The molecule has 1 aromatic heterocycles. The summed E-state index contributed by atoms with van der Waals surface area (Å²) in [6.07, 6.45) is 4.68. The van der Waals surface area contributed by atoms with Gasteiger partial charge in [0.2, 0.25) is 5.91 Å². The van der Waals surface area contributed by atoms with Gasteiger partial charge in [-0.2, -0.15) is 0 Å². The highest BCUT2D eigenvalue weighted by molar-refractivity contribution is 5.90. The number of benzene rings is 1. The van der Waals surface area contributed by atoms with Crippen molar-refractivity contribution in [1.29, 1.82) is 0 Å². The second-order valence-corrected chi connectivity index (χ2v) is 4.18. The third kappa shape index (κ3) is 4.18. The van der Waals surface area contributed by atoms with Crippen LogP contribution in [0.25, 0.3) is 0 Å². The van der Waals surface area contributed by atoms with E-state index in [1.807, 2.05) is 24.3 Å². The quantitative estimate of drug-likeness (QED) is 0.806. The summed E-state index contributed by atoms with van der Waals surface area (Å²) >= 11 is 0. The third-order valence-electron chi connectivity index (χ3n) is 2.61. The molecule has 2 rings (SSSR count). The maximum atomic E-state index is 11.8. The summed E-state index contributed by atoms with van der Waals surface area (Å²) in [7, 11) is 0. The number of hydrogen-bond donors (Lipinski definition) is 2. The van der Waals surface area contributed by atoms with Gasteiger partial charge < -0.3 is 10.4 Å². The van der Waals surface area contributed by atoms with Crippen molar-refractivity contribution in [3.8, 4) is 0 Å². The second-order valence-electron chi connectivity index (χ2n) is 4.18. The summed E-state index contributed by atoms with van der Waals surface area (Å²) in [5.41, 5.74) is 1.84. The van der Waals surface area contributed by atoms with Crippen LogP contribution in [0.4, 0.5) is 5.69 Å². The van der Waals surface area contributed by atoms with Crippen molar-refractivity contribution in [2.45, 2.75) is 19.4 Å². The topological polar surface area (TPSA) is 80.0 Å². The Kier molecular flexibility index (Phi) is 4.63. The molecule has 6 nitrogen and oxygen atoms in total. The maximum Gasteiger partial charge on any atom is 0.246 e. The van der Waals surface area contributed by atoms with Crippen LogP contribution in [-0.2, 0) is 17.8 Å². The number of nitrogens with one attached hydrogen (secondary N) is 1. The number of hydrogen-bond acceptors (Lipinski definition) is 4. The third-order valence-corrected chi connectivity index (χ3v) is 2.61. The summed E-state index contributed by atoms with van der Waals surface area (Å²) in [5, 5.41) is 19.0. The molecule has 0 bridgehead atoms. The predicted molar refractivity (Wildman–Crippen MR) is 70.5 cm³/mol. The van der Waals surface area contributed by atoms with E-state index in [2.05, 4.69) is 15.6 Å². The molecule has 0 aliphatic heterocycles. The lowest BCUT2D eigenvalue weighted by Crippen LogP contribution is -2.19. The minimum Gasteiger partial charge on any atom is -0.396 e. The molecule has 6 heteroatoms. The summed E-state index contributed by atoms with van der Waals surface area (Å²) in [4.78, 5) is 11.8. The Morgan fingerprint density at radius 1 is 1.42 bits per heavy atom. The van der Waals surface area contributed by atoms with E-state index in [-0.39, 0.29) is 19.1 Å². The number of aryl methyl sites for hydroxylation is 1. The largest absolute Gasteiger partial charge is 0.396 e. The highest BCUT2D eigenvalue weighted by Crippen LogP contribution is 2.12. The zero-order valence-corrected chi connectivity index (χ0v) is 10.5. The molecule has 1 heterocycles. The molecule has 0 aliphatic carbocycles. The highest BCUT2D eigenvalue weighted by atomic mass is 16.2. The van der Waals surface area contributed by atoms with Crippen LogP contribution in [0.3, 0.4) is 0 Å². The Labute approximate surface area is 111 Å². The lowest BCUT2D eigenvalue weighted by Gasteiger charge is -2.07. The van der Waals surface area contributed by atoms with E-state index in [4.69, 9.17) is 5.11 Å². The Hall–Kier alpha value is -2.21. The van der Waals surface area contributed by atoms with Gasteiger partial charge in [0.1, 0.15) is 6.54 Å². The molecular formula is C13H16N4O2. The first-order chi connectivity index (χ1) is 9.28. The van der Waals surface area contributed by atoms with Gasteiger partial charge in [-0.15, -0.1) is 5.10 Å². The first-order valence-electron chi connectivity index (χ1n) is 6.11. The number of aliphatic hydroxyl groups excluding tert-OH is 1. The fourth-order valence-electron chi connectivity index (χ4n) is 1.75. The van der Waals surface area contributed by atoms with Gasteiger partial charge in [0, 0.05) is 18.5 Å². The molecule has 0 fully saturated rings. The van der Waals surface area contributed by atoms with Crippen LogP contribution in [-0.4, -0.2) is 32.6 Å². The zero-order valence-electron chi connectivity index (χ0n) is 10.5. The van der Waals surface area contributed by atoms with E-state index in [1.54, 1.807) is 6.20 Å². The molecular weight excluding hydrogens is 244 g/mol. The summed E-state index contributed by atoms with van der Waals surface area (Å²) in [6.45, 7) is 0.309. The number of carbonyl (C=O) groups is 1. The monoisotopic (exact) mass is 260 g/mol. The SMILES string of the molecule is O=C(Cn1ccnn1)Nc1cccc(CCCO)c1. The highest BCUT2D eigenvalue weighted by Gasteiger charge is 2.04. The predicted octanol–water partition coefficient (Wildman–Crippen LogP) is 0.842. The number of nitrogens with zero attached hydrogens (tertiary/aromatic N) is 3. The Balaban J connectivity index is 1.92. The molecule has 0 saturated heterocycles. The lowest BCUT2D eigenvalue weighted by atomic mass is 10.1.